The van der Waals surface area contributed by atoms with E-state index in [1.807, 2.05) is 41.0 Å². The van der Waals surface area contributed by atoms with E-state index < -0.39 is 11.7 Å². The lowest BCUT2D eigenvalue weighted by atomic mass is 9.83. The minimum atomic E-state index is -4.39. The van der Waals surface area contributed by atoms with E-state index in [1.54, 1.807) is 19.1 Å². The largest absolute Gasteiger partial charge is 0.416 e. The van der Waals surface area contributed by atoms with Crippen LogP contribution in [0, 0.1) is 12.3 Å². The van der Waals surface area contributed by atoms with Gasteiger partial charge in [0.05, 0.1) is 17.6 Å². The number of carbonyl (C=O) groups excluding carboxylic acids is 2. The first kappa shape index (κ1) is 29.9. The van der Waals surface area contributed by atoms with Crippen LogP contribution < -0.4 is 5.32 Å². The van der Waals surface area contributed by atoms with E-state index >= 15 is 0 Å². The van der Waals surface area contributed by atoms with Gasteiger partial charge < -0.3 is 15.1 Å². The van der Waals surface area contributed by atoms with E-state index in [0.717, 1.165) is 41.7 Å². The lowest BCUT2D eigenvalue weighted by molar-refractivity contribution is -0.137. The highest BCUT2D eigenvalue weighted by molar-refractivity contribution is 5.75. The highest BCUT2D eigenvalue weighted by Crippen LogP contribution is 2.37. The molecule has 9 heteroatoms. The van der Waals surface area contributed by atoms with Gasteiger partial charge in [0.15, 0.2) is 0 Å². The predicted molar refractivity (Wildman–Crippen MR) is 150 cm³/mol. The molecule has 0 radical (unpaired) electrons. The van der Waals surface area contributed by atoms with Crippen molar-refractivity contribution >= 4 is 11.9 Å². The number of carbonyl (C=O) groups is 2. The second-order valence-corrected chi connectivity index (χ2v) is 12.2. The van der Waals surface area contributed by atoms with Gasteiger partial charge in [-0.15, -0.1) is 0 Å². The molecule has 218 valence electrons. The average Bonchev–Trinajstić information content (AvgIpc) is 2.89. The zero-order valence-electron chi connectivity index (χ0n) is 24.1. The molecule has 0 aromatic heterocycles. The molecular weight excluding hydrogens is 517 g/mol. The summed E-state index contributed by atoms with van der Waals surface area (Å²) in [5.41, 5.74) is 2.01. The van der Waals surface area contributed by atoms with E-state index in [4.69, 9.17) is 0 Å². The monoisotopic (exact) mass is 558 g/mol. The highest BCUT2D eigenvalue weighted by Gasteiger charge is 2.41. The number of nitrogens with zero attached hydrogens (tertiary/aromatic N) is 3. The van der Waals surface area contributed by atoms with Crippen LogP contribution in [0.4, 0.5) is 18.0 Å². The molecule has 1 unspecified atom stereocenters. The molecule has 0 aliphatic carbocycles. The number of piperazine rings is 1. The summed E-state index contributed by atoms with van der Waals surface area (Å²) in [5.74, 6) is 0.0601. The lowest BCUT2D eigenvalue weighted by Gasteiger charge is -2.49. The average molecular weight is 559 g/mol. The standard InChI is InChI=1S/C31H41F3N4O2/c1-21-6-8-23(9-7-21)28(24-10-12-25(13-11-24)31(32,33)34)37-18-19-38(27(20-37)30(3,4)5)29(40)35-26-14-16-36(17-15-26)22(2)39/h6-13,26-28H,14-20H2,1-5H3,(H,35,40)/t27-,28?/m1/s1. The molecule has 2 fully saturated rings. The van der Waals surface area contributed by atoms with Gasteiger partial charge in [0.1, 0.15) is 0 Å². The van der Waals surface area contributed by atoms with Crippen molar-refractivity contribution in [3.05, 3.63) is 70.8 Å². The molecule has 2 atom stereocenters. The van der Waals surface area contributed by atoms with Gasteiger partial charge in [-0.1, -0.05) is 62.7 Å². The fourth-order valence-corrected chi connectivity index (χ4v) is 5.84. The maximum atomic E-state index is 13.5. The fourth-order valence-electron chi connectivity index (χ4n) is 5.84. The number of nitrogens with one attached hydrogen (secondary N) is 1. The second kappa shape index (κ2) is 11.8. The van der Waals surface area contributed by atoms with E-state index in [2.05, 4.69) is 31.0 Å². The van der Waals surface area contributed by atoms with Crippen LogP contribution in [0.2, 0.25) is 0 Å². The third kappa shape index (κ3) is 6.97. The van der Waals surface area contributed by atoms with Gasteiger partial charge in [0.25, 0.3) is 0 Å². The number of urea groups is 1. The quantitative estimate of drug-likeness (QED) is 0.512. The Hall–Kier alpha value is -3.07. The summed E-state index contributed by atoms with van der Waals surface area (Å²) >= 11 is 0. The Morgan fingerprint density at radius 2 is 1.43 bits per heavy atom. The number of piperidine rings is 1. The first-order chi connectivity index (χ1) is 18.7. The molecule has 0 bridgehead atoms. The Labute approximate surface area is 235 Å². The molecule has 2 aromatic rings. The van der Waals surface area contributed by atoms with Crippen LogP contribution in [0.15, 0.2) is 48.5 Å². The van der Waals surface area contributed by atoms with Crippen molar-refractivity contribution < 1.29 is 22.8 Å². The van der Waals surface area contributed by atoms with E-state index in [0.29, 0.717) is 32.7 Å². The van der Waals surface area contributed by atoms with Crippen LogP contribution in [0.5, 0.6) is 0 Å². The smallest absolute Gasteiger partial charge is 0.343 e. The van der Waals surface area contributed by atoms with Crippen LogP contribution in [0.25, 0.3) is 0 Å². The summed E-state index contributed by atoms with van der Waals surface area (Å²) in [6, 6.07) is 13.2. The van der Waals surface area contributed by atoms with Crippen LogP contribution >= 0.6 is 0 Å². The summed E-state index contributed by atoms with van der Waals surface area (Å²) in [6.45, 7) is 12.9. The first-order valence-corrected chi connectivity index (χ1v) is 14.0. The number of benzene rings is 2. The van der Waals surface area contributed by atoms with Crippen molar-refractivity contribution in [3.63, 3.8) is 0 Å². The van der Waals surface area contributed by atoms with Crippen molar-refractivity contribution in [2.24, 2.45) is 5.41 Å². The van der Waals surface area contributed by atoms with Crippen LogP contribution in [0.1, 0.15) is 68.8 Å². The van der Waals surface area contributed by atoms with Gasteiger partial charge in [-0.3, -0.25) is 9.69 Å². The molecule has 0 spiro atoms. The van der Waals surface area contributed by atoms with Crippen molar-refractivity contribution in [1.82, 2.24) is 20.0 Å². The lowest BCUT2D eigenvalue weighted by Crippen LogP contribution is -2.63. The van der Waals surface area contributed by atoms with Crippen molar-refractivity contribution in [2.45, 2.75) is 71.8 Å². The summed E-state index contributed by atoms with van der Waals surface area (Å²) < 4.78 is 39.9. The molecule has 2 aromatic carbocycles. The van der Waals surface area contributed by atoms with Gasteiger partial charge in [-0.05, 0) is 48.4 Å². The zero-order chi connectivity index (χ0) is 29.2. The number of halogens is 3. The maximum Gasteiger partial charge on any atom is 0.416 e. The number of hydrogen-bond donors (Lipinski definition) is 1. The van der Waals surface area contributed by atoms with Crippen LogP contribution in [0.3, 0.4) is 0 Å². The van der Waals surface area contributed by atoms with Crippen molar-refractivity contribution in [3.8, 4) is 0 Å². The predicted octanol–water partition coefficient (Wildman–Crippen LogP) is 5.86. The Morgan fingerprint density at radius 1 is 0.875 bits per heavy atom. The van der Waals surface area contributed by atoms with Crippen molar-refractivity contribution in [1.29, 1.82) is 0 Å². The number of rotatable bonds is 4. The Bertz CT molecular complexity index is 1170. The Balaban J connectivity index is 1.56. The van der Waals surface area contributed by atoms with Gasteiger partial charge in [-0.2, -0.15) is 13.2 Å². The molecule has 0 saturated carbocycles. The number of aryl methyl sites for hydroxylation is 1. The Kier molecular flexibility index (Phi) is 8.83. The van der Waals surface area contributed by atoms with Crippen molar-refractivity contribution in [2.75, 3.05) is 32.7 Å². The number of amides is 3. The molecule has 3 amide bonds. The summed E-state index contributed by atoms with van der Waals surface area (Å²) in [7, 11) is 0. The molecule has 6 nitrogen and oxygen atoms in total. The summed E-state index contributed by atoms with van der Waals surface area (Å²) in [4.78, 5) is 31.2. The van der Waals surface area contributed by atoms with Gasteiger partial charge in [0, 0.05) is 45.7 Å². The third-order valence-electron chi connectivity index (χ3n) is 8.25. The highest BCUT2D eigenvalue weighted by atomic mass is 19.4. The maximum absolute atomic E-state index is 13.5. The van der Waals surface area contributed by atoms with Gasteiger partial charge in [0.2, 0.25) is 5.91 Å². The van der Waals surface area contributed by atoms with E-state index in [-0.39, 0.29) is 35.5 Å². The SMILES string of the molecule is CC(=O)N1CCC(NC(=O)N2CCN(C(c3ccc(C)cc3)c3ccc(C(F)(F)F)cc3)C[C@@H]2C(C)(C)C)CC1. The molecule has 2 saturated heterocycles. The first-order valence-electron chi connectivity index (χ1n) is 14.0. The number of alkyl halides is 3. The normalized spacial score (nSPS) is 20.4. The van der Waals surface area contributed by atoms with Gasteiger partial charge >= 0.3 is 12.2 Å². The molecule has 2 aliphatic rings. The van der Waals surface area contributed by atoms with E-state index in [1.165, 1.54) is 0 Å². The second-order valence-electron chi connectivity index (χ2n) is 12.2. The minimum Gasteiger partial charge on any atom is -0.343 e. The fraction of sp³-hybridized carbons (Fsp3) is 0.548. The molecule has 2 aliphatic heterocycles. The molecule has 4 rings (SSSR count). The third-order valence-corrected chi connectivity index (χ3v) is 8.25. The topological polar surface area (TPSA) is 55.9 Å². The number of likely N-dealkylation sites (tertiary alicyclic amines) is 1. The van der Waals surface area contributed by atoms with Gasteiger partial charge in [-0.25, -0.2) is 4.79 Å². The molecule has 40 heavy (non-hydrogen) atoms. The molecular formula is C31H41F3N4O2. The van der Waals surface area contributed by atoms with Crippen LogP contribution in [-0.2, 0) is 11.0 Å². The summed E-state index contributed by atoms with van der Waals surface area (Å²) in [6.07, 6.45) is -2.93. The Morgan fingerprint density at radius 3 is 1.93 bits per heavy atom. The van der Waals surface area contributed by atoms with E-state index in [9.17, 15) is 22.8 Å². The summed E-state index contributed by atoms with van der Waals surface area (Å²) in [5, 5.41) is 3.21. The zero-order valence-corrected chi connectivity index (χ0v) is 24.1. The minimum absolute atomic E-state index is 0.0224. The molecule has 2 heterocycles. The molecule has 1 N–H and O–H groups in total. The number of hydrogen-bond acceptors (Lipinski definition) is 3. The van der Waals surface area contributed by atoms with Crippen LogP contribution in [-0.4, -0.2) is 71.4 Å².